The van der Waals surface area contributed by atoms with E-state index in [-0.39, 0.29) is 0 Å². The van der Waals surface area contributed by atoms with Gasteiger partial charge in [-0.3, -0.25) is 9.59 Å². The van der Waals surface area contributed by atoms with Crippen LogP contribution in [0, 0.1) is 0 Å². The topological polar surface area (TPSA) is 63.4 Å². The van der Waals surface area contributed by atoms with Crippen LogP contribution in [-0.2, 0) is 9.59 Å². The average Bonchev–Trinajstić information content (AvgIpc) is 2.22. The predicted molar refractivity (Wildman–Crippen MR) is 56.4 cm³/mol. The van der Waals surface area contributed by atoms with Gasteiger partial charge < -0.3 is 10.6 Å². The quantitative estimate of drug-likeness (QED) is 0.731. The van der Waals surface area contributed by atoms with Gasteiger partial charge in [-0.1, -0.05) is 0 Å². The largest absolute Gasteiger partial charge is 0.390 e. The fourth-order valence-corrected chi connectivity index (χ4v) is 1.27. The first-order chi connectivity index (χ1) is 8.91. The molecule has 0 radical (unpaired) electrons. The third-order valence-electron chi connectivity index (χ3n) is 2.27. The van der Waals surface area contributed by atoms with Gasteiger partial charge in [0.15, 0.2) is 0 Å². The molecule has 0 aromatic rings. The van der Waals surface area contributed by atoms with Crippen molar-refractivity contribution < 1.29 is 35.9 Å². The molecule has 2 N–H and O–H groups in total. The summed E-state index contributed by atoms with van der Waals surface area (Å²) < 4.78 is 72.2. The van der Waals surface area contributed by atoms with E-state index in [1.54, 1.807) is 0 Å². The molecule has 0 saturated carbocycles. The minimum atomic E-state index is -4.58. The predicted octanol–water partition coefficient (Wildman–Crippen LogP) is 1.99. The number of nitrogens with zero attached hydrogens (tertiary/aromatic N) is 1. The van der Waals surface area contributed by atoms with E-state index in [1.807, 2.05) is 0 Å². The van der Waals surface area contributed by atoms with Gasteiger partial charge in [0.1, 0.15) is 0 Å². The molecule has 0 aliphatic heterocycles. The Labute approximate surface area is 110 Å². The fourth-order valence-electron chi connectivity index (χ4n) is 1.27. The summed E-state index contributed by atoms with van der Waals surface area (Å²) in [6, 6.07) is 0. The van der Waals surface area contributed by atoms with Crippen LogP contribution in [0.15, 0.2) is 0 Å². The van der Waals surface area contributed by atoms with Crippen molar-refractivity contribution in [2.45, 2.75) is 38.0 Å². The van der Waals surface area contributed by atoms with Crippen LogP contribution in [0.25, 0.3) is 0 Å². The van der Waals surface area contributed by atoms with E-state index in [0.29, 0.717) is 4.90 Å². The molecule has 20 heavy (non-hydrogen) atoms. The standard InChI is InChI=1S/C10H14F6N2O2/c11-9(12,13)3-5-18(6-4-10(14,15)16)8(20)2-1-7(17)19/h1-6H2,(H2,17,19). The summed E-state index contributed by atoms with van der Waals surface area (Å²) in [5.41, 5.74) is 4.76. The first-order valence-electron chi connectivity index (χ1n) is 5.60. The van der Waals surface area contributed by atoms with Crippen LogP contribution in [0.1, 0.15) is 25.7 Å². The SMILES string of the molecule is NC(=O)CCC(=O)N(CCC(F)(F)F)CCC(F)(F)F. The smallest absolute Gasteiger partial charge is 0.370 e. The molecule has 118 valence electrons. The lowest BCUT2D eigenvalue weighted by Crippen LogP contribution is -2.37. The van der Waals surface area contributed by atoms with Crippen molar-refractivity contribution in [1.29, 1.82) is 0 Å². The molecular formula is C10H14F6N2O2. The van der Waals surface area contributed by atoms with Crippen molar-refractivity contribution in [3.63, 3.8) is 0 Å². The second kappa shape index (κ2) is 7.34. The zero-order valence-electron chi connectivity index (χ0n) is 10.4. The zero-order chi connectivity index (χ0) is 16.0. The summed E-state index contributed by atoms with van der Waals surface area (Å²) in [5.74, 6) is -1.82. The van der Waals surface area contributed by atoms with Crippen LogP contribution in [0.3, 0.4) is 0 Å². The molecule has 0 aromatic carbocycles. The van der Waals surface area contributed by atoms with Crippen LogP contribution in [0.2, 0.25) is 0 Å². The van der Waals surface area contributed by atoms with Crippen LogP contribution in [-0.4, -0.2) is 42.2 Å². The number of hydrogen-bond donors (Lipinski definition) is 1. The van der Waals surface area contributed by atoms with E-state index in [1.165, 1.54) is 0 Å². The molecule has 2 amide bonds. The molecule has 10 heteroatoms. The summed E-state index contributed by atoms with van der Waals surface area (Å²) in [4.78, 5) is 22.4. The van der Waals surface area contributed by atoms with Gasteiger partial charge in [-0.15, -0.1) is 0 Å². The zero-order valence-corrected chi connectivity index (χ0v) is 10.4. The minimum absolute atomic E-state index is 0.423. The summed E-state index contributed by atoms with van der Waals surface area (Å²) in [6.45, 7) is -1.76. The first kappa shape index (κ1) is 18.5. The van der Waals surface area contributed by atoms with Gasteiger partial charge in [0, 0.05) is 25.9 Å². The highest BCUT2D eigenvalue weighted by molar-refractivity contribution is 5.82. The fraction of sp³-hybridized carbons (Fsp3) is 0.800. The van der Waals surface area contributed by atoms with E-state index >= 15 is 0 Å². The molecule has 4 nitrogen and oxygen atoms in total. The maximum atomic E-state index is 12.0. The van der Waals surface area contributed by atoms with Gasteiger partial charge in [0.25, 0.3) is 0 Å². The number of carbonyl (C=O) groups is 2. The number of nitrogens with two attached hydrogens (primary N) is 1. The average molecular weight is 308 g/mol. The highest BCUT2D eigenvalue weighted by atomic mass is 19.4. The van der Waals surface area contributed by atoms with Crippen molar-refractivity contribution in [3.8, 4) is 0 Å². The number of rotatable bonds is 7. The lowest BCUT2D eigenvalue weighted by Gasteiger charge is -2.23. The number of halogens is 6. The Morgan fingerprint density at radius 2 is 1.25 bits per heavy atom. The number of primary amides is 1. The second-order valence-corrected chi connectivity index (χ2v) is 4.08. The Morgan fingerprint density at radius 1 is 0.850 bits per heavy atom. The van der Waals surface area contributed by atoms with E-state index in [0.717, 1.165) is 0 Å². The first-order valence-corrected chi connectivity index (χ1v) is 5.60. The molecule has 0 unspecified atom stereocenters. The third kappa shape index (κ3) is 10.4. The minimum Gasteiger partial charge on any atom is -0.370 e. The van der Waals surface area contributed by atoms with E-state index < -0.39 is 62.9 Å². The Balaban J connectivity index is 4.52. The number of amides is 2. The maximum absolute atomic E-state index is 12.0. The molecule has 0 aliphatic rings. The summed E-state index contributed by atoms with van der Waals surface area (Å²) in [7, 11) is 0. The Kier molecular flexibility index (Phi) is 6.80. The highest BCUT2D eigenvalue weighted by Crippen LogP contribution is 2.23. The number of hydrogen-bond acceptors (Lipinski definition) is 2. The van der Waals surface area contributed by atoms with E-state index in [4.69, 9.17) is 5.73 Å². The second-order valence-electron chi connectivity index (χ2n) is 4.08. The van der Waals surface area contributed by atoms with Crippen LogP contribution >= 0.6 is 0 Å². The normalized spacial score (nSPS) is 12.3. The Morgan fingerprint density at radius 3 is 1.55 bits per heavy atom. The lowest BCUT2D eigenvalue weighted by molar-refractivity contribution is -0.153. The van der Waals surface area contributed by atoms with Crippen molar-refractivity contribution in [2.24, 2.45) is 5.73 Å². The monoisotopic (exact) mass is 308 g/mol. The van der Waals surface area contributed by atoms with Crippen LogP contribution in [0.4, 0.5) is 26.3 Å². The molecule has 0 fully saturated rings. The van der Waals surface area contributed by atoms with Crippen molar-refractivity contribution >= 4 is 11.8 Å². The van der Waals surface area contributed by atoms with Crippen molar-refractivity contribution in [1.82, 2.24) is 4.90 Å². The molecule has 0 aliphatic carbocycles. The van der Waals surface area contributed by atoms with Crippen molar-refractivity contribution in [2.75, 3.05) is 13.1 Å². The van der Waals surface area contributed by atoms with E-state index in [2.05, 4.69) is 0 Å². The summed E-state index contributed by atoms with van der Waals surface area (Å²) in [6.07, 6.45) is -12.9. The van der Waals surface area contributed by atoms with E-state index in [9.17, 15) is 35.9 Å². The molecule has 0 spiro atoms. The Hall–Kier alpha value is -1.48. The maximum Gasteiger partial charge on any atom is 0.390 e. The Bertz CT molecular complexity index is 322. The number of alkyl halides is 6. The highest BCUT2D eigenvalue weighted by Gasteiger charge is 2.32. The molecule has 0 heterocycles. The summed E-state index contributed by atoms with van der Waals surface area (Å²) >= 11 is 0. The lowest BCUT2D eigenvalue weighted by atomic mass is 10.2. The van der Waals surface area contributed by atoms with Crippen LogP contribution in [0.5, 0.6) is 0 Å². The van der Waals surface area contributed by atoms with Gasteiger partial charge in [-0.25, -0.2) is 0 Å². The van der Waals surface area contributed by atoms with Gasteiger partial charge >= 0.3 is 12.4 Å². The molecule has 0 saturated heterocycles. The summed E-state index contributed by atoms with van der Waals surface area (Å²) in [5, 5.41) is 0. The molecular weight excluding hydrogens is 294 g/mol. The molecule has 0 atom stereocenters. The van der Waals surface area contributed by atoms with Gasteiger partial charge in [0.2, 0.25) is 11.8 Å². The number of carbonyl (C=O) groups excluding carboxylic acids is 2. The molecule has 0 bridgehead atoms. The van der Waals surface area contributed by atoms with Gasteiger partial charge in [-0.2, -0.15) is 26.3 Å². The molecule has 0 aromatic heterocycles. The third-order valence-corrected chi connectivity index (χ3v) is 2.27. The van der Waals surface area contributed by atoms with Crippen LogP contribution < -0.4 is 5.73 Å². The molecule has 0 rings (SSSR count). The van der Waals surface area contributed by atoms with Gasteiger partial charge in [0.05, 0.1) is 12.8 Å². The van der Waals surface area contributed by atoms with Gasteiger partial charge in [-0.05, 0) is 0 Å². The van der Waals surface area contributed by atoms with Crippen molar-refractivity contribution in [3.05, 3.63) is 0 Å².